The molecule has 2 aliphatic rings. The van der Waals surface area contributed by atoms with Gasteiger partial charge in [0, 0.05) is 19.1 Å². The topological polar surface area (TPSA) is 95.6 Å². The van der Waals surface area contributed by atoms with Gasteiger partial charge in [-0.2, -0.15) is 0 Å². The fraction of sp³-hybridized carbons (Fsp3) is 0.733. The fourth-order valence-corrected chi connectivity index (χ4v) is 4.21. The van der Waals surface area contributed by atoms with Crippen LogP contribution in [0.2, 0.25) is 0 Å². The van der Waals surface area contributed by atoms with Gasteiger partial charge in [0.2, 0.25) is 17.7 Å². The molecular formula is C15H23N3O4S2. The van der Waals surface area contributed by atoms with Crippen molar-refractivity contribution in [2.45, 2.75) is 43.9 Å². The fourth-order valence-electron chi connectivity index (χ4n) is 2.71. The second kappa shape index (κ2) is 9.31. The SMILES string of the molecule is CC1SC(=O)N(CCNC(=O)CSCC(=O)NC2CCCC2)C1=O. The van der Waals surface area contributed by atoms with Gasteiger partial charge in [-0.05, 0) is 19.8 Å². The molecule has 0 aromatic rings. The Balaban J connectivity index is 1.54. The molecule has 1 aliphatic carbocycles. The van der Waals surface area contributed by atoms with Crippen molar-refractivity contribution < 1.29 is 19.2 Å². The van der Waals surface area contributed by atoms with Crippen molar-refractivity contribution in [3.8, 4) is 0 Å². The van der Waals surface area contributed by atoms with E-state index in [1.807, 2.05) is 0 Å². The number of nitrogens with one attached hydrogen (secondary N) is 2. The average molecular weight is 374 g/mol. The van der Waals surface area contributed by atoms with Crippen LogP contribution in [0.3, 0.4) is 0 Å². The lowest BCUT2D eigenvalue weighted by Gasteiger charge is -2.14. The van der Waals surface area contributed by atoms with Crippen LogP contribution in [0.4, 0.5) is 4.79 Å². The van der Waals surface area contributed by atoms with Gasteiger partial charge in [0.25, 0.3) is 5.24 Å². The molecule has 0 aromatic carbocycles. The molecule has 0 spiro atoms. The van der Waals surface area contributed by atoms with Gasteiger partial charge in [0.05, 0.1) is 16.8 Å². The Labute approximate surface area is 150 Å². The summed E-state index contributed by atoms with van der Waals surface area (Å²) in [5.41, 5.74) is 0. The van der Waals surface area contributed by atoms with Crippen LogP contribution in [0.25, 0.3) is 0 Å². The Morgan fingerprint density at radius 3 is 2.50 bits per heavy atom. The molecule has 1 saturated heterocycles. The maximum atomic E-state index is 11.7. The van der Waals surface area contributed by atoms with Crippen molar-refractivity contribution >= 4 is 46.5 Å². The smallest absolute Gasteiger partial charge is 0.289 e. The summed E-state index contributed by atoms with van der Waals surface area (Å²) < 4.78 is 0. The predicted molar refractivity (Wildman–Crippen MR) is 94.9 cm³/mol. The monoisotopic (exact) mass is 373 g/mol. The number of carbonyl (C=O) groups is 4. The number of carbonyl (C=O) groups excluding carboxylic acids is 4. The van der Waals surface area contributed by atoms with Crippen molar-refractivity contribution in [1.29, 1.82) is 0 Å². The van der Waals surface area contributed by atoms with Crippen molar-refractivity contribution in [1.82, 2.24) is 15.5 Å². The van der Waals surface area contributed by atoms with E-state index in [-0.39, 0.29) is 52.8 Å². The van der Waals surface area contributed by atoms with Crippen LogP contribution in [0.15, 0.2) is 0 Å². The number of amides is 4. The lowest BCUT2D eigenvalue weighted by Crippen LogP contribution is -2.39. The minimum absolute atomic E-state index is 0.0287. The summed E-state index contributed by atoms with van der Waals surface area (Å²) in [6.07, 6.45) is 4.42. The van der Waals surface area contributed by atoms with Gasteiger partial charge < -0.3 is 10.6 Å². The molecule has 0 bridgehead atoms. The Morgan fingerprint density at radius 2 is 1.88 bits per heavy atom. The van der Waals surface area contributed by atoms with E-state index in [2.05, 4.69) is 10.6 Å². The maximum absolute atomic E-state index is 11.7. The van der Waals surface area contributed by atoms with E-state index in [1.165, 1.54) is 24.6 Å². The third-order valence-electron chi connectivity index (χ3n) is 3.96. The highest BCUT2D eigenvalue weighted by atomic mass is 32.2. The highest BCUT2D eigenvalue weighted by Crippen LogP contribution is 2.25. The van der Waals surface area contributed by atoms with Crippen molar-refractivity contribution in [2.75, 3.05) is 24.6 Å². The molecule has 1 atom stereocenters. The molecular weight excluding hydrogens is 350 g/mol. The Hall–Kier alpha value is -1.22. The van der Waals surface area contributed by atoms with Crippen LogP contribution in [0.5, 0.6) is 0 Å². The van der Waals surface area contributed by atoms with E-state index in [0.29, 0.717) is 6.04 Å². The molecule has 4 amide bonds. The van der Waals surface area contributed by atoms with E-state index in [9.17, 15) is 19.2 Å². The summed E-state index contributed by atoms with van der Waals surface area (Å²) in [6, 6.07) is 0.294. The third kappa shape index (κ3) is 5.70. The normalized spacial score (nSPS) is 21.4. The van der Waals surface area contributed by atoms with Crippen molar-refractivity contribution in [3.63, 3.8) is 0 Å². The summed E-state index contributed by atoms with van der Waals surface area (Å²) in [5, 5.41) is 5.03. The van der Waals surface area contributed by atoms with Gasteiger partial charge in [0.1, 0.15) is 0 Å². The number of nitrogens with zero attached hydrogens (tertiary/aromatic N) is 1. The molecule has 7 nitrogen and oxygen atoms in total. The standard InChI is InChI=1S/C15H23N3O4S2/c1-10-14(21)18(15(22)24-10)7-6-16-12(19)8-23-9-13(20)17-11-4-2-3-5-11/h10-11H,2-9H2,1H3,(H,16,19)(H,17,20). The Morgan fingerprint density at radius 1 is 1.21 bits per heavy atom. The number of thioether (sulfide) groups is 2. The van der Waals surface area contributed by atoms with Gasteiger partial charge in [-0.15, -0.1) is 11.8 Å². The van der Waals surface area contributed by atoms with E-state index in [0.717, 1.165) is 29.5 Å². The predicted octanol–water partition coefficient (Wildman–Crippen LogP) is 0.978. The first-order valence-electron chi connectivity index (χ1n) is 8.13. The third-order valence-corrected chi connectivity index (χ3v) is 5.87. The Bertz CT molecular complexity index is 509. The molecule has 1 heterocycles. The molecule has 2 fully saturated rings. The van der Waals surface area contributed by atoms with E-state index >= 15 is 0 Å². The number of hydrogen-bond donors (Lipinski definition) is 2. The summed E-state index contributed by atoms with van der Waals surface area (Å²) in [5.74, 6) is 0.0106. The zero-order valence-electron chi connectivity index (χ0n) is 13.7. The number of hydrogen-bond acceptors (Lipinski definition) is 6. The molecule has 2 N–H and O–H groups in total. The molecule has 9 heteroatoms. The van der Waals surface area contributed by atoms with Crippen molar-refractivity contribution in [3.05, 3.63) is 0 Å². The largest absolute Gasteiger partial charge is 0.354 e. The van der Waals surface area contributed by atoms with Crippen LogP contribution in [0.1, 0.15) is 32.6 Å². The van der Waals surface area contributed by atoms with E-state index in [1.54, 1.807) is 6.92 Å². The van der Waals surface area contributed by atoms with Crippen LogP contribution in [-0.4, -0.2) is 63.7 Å². The zero-order chi connectivity index (χ0) is 17.5. The average Bonchev–Trinajstić information content (AvgIpc) is 3.11. The van der Waals surface area contributed by atoms with Crippen LogP contribution < -0.4 is 10.6 Å². The minimum Gasteiger partial charge on any atom is -0.354 e. The van der Waals surface area contributed by atoms with Crippen LogP contribution >= 0.6 is 23.5 Å². The minimum atomic E-state index is -0.345. The van der Waals surface area contributed by atoms with Crippen LogP contribution in [0, 0.1) is 0 Å². The van der Waals surface area contributed by atoms with Gasteiger partial charge in [-0.25, -0.2) is 0 Å². The summed E-state index contributed by atoms with van der Waals surface area (Å²) in [4.78, 5) is 47.9. The number of imide groups is 1. The zero-order valence-corrected chi connectivity index (χ0v) is 15.3. The summed E-state index contributed by atoms with van der Waals surface area (Å²) in [6.45, 7) is 2.11. The molecule has 0 radical (unpaired) electrons. The Kier molecular flexibility index (Phi) is 7.41. The van der Waals surface area contributed by atoms with E-state index in [4.69, 9.17) is 0 Å². The second-order valence-corrected chi connectivity index (χ2v) is 8.19. The molecule has 0 aromatic heterocycles. The van der Waals surface area contributed by atoms with Gasteiger partial charge in [0.15, 0.2) is 0 Å². The molecule has 24 heavy (non-hydrogen) atoms. The van der Waals surface area contributed by atoms with Gasteiger partial charge in [-0.3, -0.25) is 24.1 Å². The second-order valence-electron chi connectivity index (χ2n) is 5.91. The highest BCUT2D eigenvalue weighted by Gasteiger charge is 2.36. The van der Waals surface area contributed by atoms with Gasteiger partial charge in [-0.1, -0.05) is 24.6 Å². The summed E-state index contributed by atoms with van der Waals surface area (Å²) in [7, 11) is 0. The lowest BCUT2D eigenvalue weighted by molar-refractivity contribution is -0.127. The molecule has 2 rings (SSSR count). The first-order valence-corrected chi connectivity index (χ1v) is 10.2. The first-order chi connectivity index (χ1) is 11.5. The number of rotatable bonds is 8. The van der Waals surface area contributed by atoms with Crippen molar-refractivity contribution in [2.24, 2.45) is 0 Å². The molecule has 1 aliphatic heterocycles. The molecule has 1 unspecified atom stereocenters. The quantitative estimate of drug-likeness (QED) is 0.658. The molecule has 1 saturated carbocycles. The first kappa shape index (κ1) is 19.1. The maximum Gasteiger partial charge on any atom is 0.289 e. The lowest BCUT2D eigenvalue weighted by atomic mass is 10.2. The van der Waals surface area contributed by atoms with E-state index < -0.39 is 0 Å². The molecule has 134 valence electrons. The summed E-state index contributed by atoms with van der Waals surface area (Å²) >= 11 is 2.26. The van der Waals surface area contributed by atoms with Crippen LogP contribution in [-0.2, 0) is 14.4 Å². The van der Waals surface area contributed by atoms with Gasteiger partial charge >= 0.3 is 0 Å². The highest BCUT2D eigenvalue weighted by molar-refractivity contribution is 8.15.